The van der Waals surface area contributed by atoms with Gasteiger partial charge in [0.05, 0.1) is 6.21 Å². The summed E-state index contributed by atoms with van der Waals surface area (Å²) in [6.07, 6.45) is 1.63. The van der Waals surface area contributed by atoms with Crippen molar-refractivity contribution in [2.24, 2.45) is 5.10 Å². The first-order chi connectivity index (χ1) is 10.6. The fraction of sp³-hybridized carbons (Fsp3) is 0.176. The largest absolute Gasteiger partial charge is 0.374 e. The average Bonchev–Trinajstić information content (AvgIpc) is 2.51. The highest BCUT2D eigenvalue weighted by Gasteiger charge is 2.12. The smallest absolute Gasteiger partial charge is 0.262 e. The molecule has 2 rings (SSSR count). The maximum absolute atomic E-state index is 12.0. The van der Waals surface area contributed by atoms with Gasteiger partial charge >= 0.3 is 0 Å². The number of carbonyl (C=O) groups excluding carboxylic acids is 1. The van der Waals surface area contributed by atoms with Crippen LogP contribution >= 0.6 is 22.6 Å². The topological polar surface area (TPSA) is 53.5 Å². The number of benzene rings is 2. The number of hydrogen-bond donors (Lipinski definition) is 2. The van der Waals surface area contributed by atoms with Crippen molar-refractivity contribution in [2.45, 2.75) is 19.9 Å². The van der Waals surface area contributed by atoms with Crippen LogP contribution < -0.4 is 10.7 Å². The summed E-state index contributed by atoms with van der Waals surface area (Å²) < 4.78 is 1.17. The average molecular weight is 407 g/mol. The van der Waals surface area contributed by atoms with Gasteiger partial charge in [-0.25, -0.2) is 5.43 Å². The van der Waals surface area contributed by atoms with E-state index < -0.39 is 0 Å². The molecular formula is C17H18IN3O. The van der Waals surface area contributed by atoms with E-state index in [4.69, 9.17) is 0 Å². The van der Waals surface area contributed by atoms with Crippen LogP contribution in [0.5, 0.6) is 0 Å². The van der Waals surface area contributed by atoms with Gasteiger partial charge in [-0.05, 0) is 65.8 Å². The van der Waals surface area contributed by atoms with Crippen LogP contribution in [0.1, 0.15) is 18.1 Å². The Morgan fingerprint density at radius 2 is 1.95 bits per heavy atom. The van der Waals surface area contributed by atoms with Crippen LogP contribution in [-0.2, 0) is 4.79 Å². The molecule has 0 aromatic heterocycles. The summed E-state index contributed by atoms with van der Waals surface area (Å²) in [6, 6.07) is 15.3. The second kappa shape index (κ2) is 7.93. The summed E-state index contributed by atoms with van der Waals surface area (Å²) in [4.78, 5) is 12.0. The molecule has 2 aromatic rings. The van der Waals surface area contributed by atoms with E-state index in [0.717, 1.165) is 16.8 Å². The number of rotatable bonds is 5. The van der Waals surface area contributed by atoms with Crippen LogP contribution in [0.25, 0.3) is 0 Å². The summed E-state index contributed by atoms with van der Waals surface area (Å²) in [5, 5.41) is 7.17. The van der Waals surface area contributed by atoms with E-state index in [1.807, 2.05) is 56.3 Å². The van der Waals surface area contributed by atoms with Crippen LogP contribution in [0.2, 0.25) is 0 Å². The number of carbonyl (C=O) groups is 1. The lowest BCUT2D eigenvalue weighted by molar-refractivity contribution is -0.121. The summed E-state index contributed by atoms with van der Waals surface area (Å²) >= 11 is 2.27. The molecule has 1 atom stereocenters. The standard InChI is InChI=1S/C17H18IN3O/c1-12-10-15(18)8-9-16(12)20-13(2)17(22)21-19-11-14-6-4-3-5-7-14/h3-11,13,20H,1-2H3,(H,21,22)/b19-11-/t13-/m0/s1. The van der Waals surface area contributed by atoms with E-state index in [1.165, 1.54) is 3.57 Å². The Bertz CT molecular complexity index is 671. The number of aryl methyl sites for hydroxylation is 1. The van der Waals surface area contributed by atoms with Gasteiger partial charge in [0, 0.05) is 9.26 Å². The van der Waals surface area contributed by atoms with Crippen molar-refractivity contribution in [3.8, 4) is 0 Å². The van der Waals surface area contributed by atoms with Gasteiger partial charge in [-0.15, -0.1) is 0 Å². The van der Waals surface area contributed by atoms with Gasteiger partial charge in [0.25, 0.3) is 5.91 Å². The van der Waals surface area contributed by atoms with Crippen molar-refractivity contribution in [1.82, 2.24) is 5.43 Å². The Morgan fingerprint density at radius 3 is 2.64 bits per heavy atom. The first kappa shape index (κ1) is 16.5. The van der Waals surface area contributed by atoms with E-state index in [0.29, 0.717) is 0 Å². The summed E-state index contributed by atoms with van der Waals surface area (Å²) in [5.41, 5.74) is 5.55. The molecule has 22 heavy (non-hydrogen) atoms. The predicted octanol–water partition coefficient (Wildman–Crippen LogP) is 3.55. The summed E-state index contributed by atoms with van der Waals surface area (Å²) in [5.74, 6) is -0.176. The molecule has 2 aromatic carbocycles. The SMILES string of the molecule is Cc1cc(I)ccc1N[C@@H](C)C(=O)N/N=C\c1ccccc1. The molecule has 0 saturated carbocycles. The molecular weight excluding hydrogens is 389 g/mol. The maximum atomic E-state index is 12.0. The molecule has 0 radical (unpaired) electrons. The van der Waals surface area contributed by atoms with Gasteiger partial charge in [-0.2, -0.15) is 5.10 Å². The highest BCUT2D eigenvalue weighted by atomic mass is 127. The monoisotopic (exact) mass is 407 g/mol. The van der Waals surface area contributed by atoms with Crippen molar-refractivity contribution in [2.75, 3.05) is 5.32 Å². The lowest BCUT2D eigenvalue weighted by atomic mass is 10.2. The van der Waals surface area contributed by atoms with Crippen molar-refractivity contribution in [1.29, 1.82) is 0 Å². The second-order valence-corrected chi connectivity index (χ2v) is 6.22. The predicted molar refractivity (Wildman–Crippen MR) is 99.2 cm³/mol. The minimum Gasteiger partial charge on any atom is -0.374 e. The molecule has 1 amide bonds. The van der Waals surface area contributed by atoms with Crippen molar-refractivity contribution in [3.05, 3.63) is 63.2 Å². The van der Waals surface area contributed by atoms with E-state index in [9.17, 15) is 4.79 Å². The van der Waals surface area contributed by atoms with E-state index in [-0.39, 0.29) is 11.9 Å². The van der Waals surface area contributed by atoms with Crippen LogP contribution in [0, 0.1) is 10.5 Å². The lowest BCUT2D eigenvalue weighted by Gasteiger charge is -2.15. The van der Waals surface area contributed by atoms with E-state index in [2.05, 4.69) is 44.5 Å². The highest BCUT2D eigenvalue weighted by Crippen LogP contribution is 2.18. The zero-order valence-electron chi connectivity index (χ0n) is 12.5. The lowest BCUT2D eigenvalue weighted by Crippen LogP contribution is -2.35. The Balaban J connectivity index is 1.91. The van der Waals surface area contributed by atoms with Crippen LogP contribution in [0.4, 0.5) is 5.69 Å². The number of nitrogens with one attached hydrogen (secondary N) is 2. The molecule has 114 valence electrons. The van der Waals surface area contributed by atoms with Crippen LogP contribution in [0.3, 0.4) is 0 Å². The van der Waals surface area contributed by atoms with Crippen LogP contribution in [-0.4, -0.2) is 18.2 Å². The molecule has 5 heteroatoms. The number of hydrogen-bond acceptors (Lipinski definition) is 3. The first-order valence-corrected chi connectivity index (χ1v) is 8.05. The highest BCUT2D eigenvalue weighted by molar-refractivity contribution is 14.1. The Kier molecular flexibility index (Phi) is 5.94. The third-order valence-electron chi connectivity index (χ3n) is 3.14. The molecule has 0 fully saturated rings. The number of anilines is 1. The quantitative estimate of drug-likeness (QED) is 0.453. The van der Waals surface area contributed by atoms with Gasteiger partial charge < -0.3 is 5.32 Å². The first-order valence-electron chi connectivity index (χ1n) is 6.97. The maximum Gasteiger partial charge on any atom is 0.262 e. The molecule has 4 nitrogen and oxygen atoms in total. The van der Waals surface area contributed by atoms with Crippen LogP contribution in [0.15, 0.2) is 53.6 Å². The fourth-order valence-corrected chi connectivity index (χ4v) is 2.54. The minimum atomic E-state index is -0.369. The van der Waals surface area contributed by atoms with Gasteiger partial charge in [0.1, 0.15) is 6.04 Å². The molecule has 2 N–H and O–H groups in total. The minimum absolute atomic E-state index is 0.176. The number of amides is 1. The molecule has 0 aliphatic heterocycles. The van der Waals surface area contributed by atoms with Gasteiger partial charge in [0.2, 0.25) is 0 Å². The fourth-order valence-electron chi connectivity index (χ4n) is 1.89. The Hall–Kier alpha value is -1.89. The zero-order valence-corrected chi connectivity index (χ0v) is 14.7. The number of halogens is 1. The number of nitrogens with zero attached hydrogens (tertiary/aromatic N) is 1. The van der Waals surface area contributed by atoms with E-state index >= 15 is 0 Å². The summed E-state index contributed by atoms with van der Waals surface area (Å²) in [6.45, 7) is 3.83. The number of hydrazone groups is 1. The zero-order chi connectivity index (χ0) is 15.9. The molecule has 0 bridgehead atoms. The summed E-state index contributed by atoms with van der Waals surface area (Å²) in [7, 11) is 0. The normalized spacial score (nSPS) is 12.1. The Labute approximate surface area is 144 Å². The van der Waals surface area contributed by atoms with E-state index in [1.54, 1.807) is 6.21 Å². The van der Waals surface area contributed by atoms with Gasteiger partial charge in [-0.1, -0.05) is 30.3 Å². The van der Waals surface area contributed by atoms with Crippen molar-refractivity contribution in [3.63, 3.8) is 0 Å². The molecule has 0 aliphatic carbocycles. The van der Waals surface area contributed by atoms with Crippen molar-refractivity contribution < 1.29 is 4.79 Å². The molecule has 0 aliphatic rings. The molecule has 0 heterocycles. The second-order valence-electron chi connectivity index (χ2n) is 4.97. The Morgan fingerprint density at radius 1 is 1.23 bits per heavy atom. The third-order valence-corrected chi connectivity index (χ3v) is 3.81. The molecule has 0 spiro atoms. The molecule has 0 saturated heterocycles. The molecule has 0 unspecified atom stereocenters. The van der Waals surface area contributed by atoms with Gasteiger partial charge in [0.15, 0.2) is 0 Å². The van der Waals surface area contributed by atoms with Crippen molar-refractivity contribution >= 4 is 40.4 Å². The third kappa shape index (κ3) is 4.84. The van der Waals surface area contributed by atoms with Gasteiger partial charge in [-0.3, -0.25) is 4.79 Å².